The normalized spacial score (nSPS) is 12.7. The van der Waals surface area contributed by atoms with E-state index in [-0.39, 0.29) is 6.04 Å². The third kappa shape index (κ3) is 2.09. The van der Waals surface area contributed by atoms with Gasteiger partial charge < -0.3 is 16.5 Å². The Morgan fingerprint density at radius 2 is 2.07 bits per heavy atom. The zero-order valence-electron chi connectivity index (χ0n) is 8.48. The minimum absolute atomic E-state index is 0.0808. The minimum Gasteiger partial charge on any atom is -0.367 e. The predicted molar refractivity (Wildman–Crippen MR) is 61.2 cm³/mol. The van der Waals surface area contributed by atoms with Crippen molar-refractivity contribution in [3.8, 4) is 0 Å². The quantitative estimate of drug-likeness (QED) is 0.704. The van der Waals surface area contributed by atoms with E-state index in [4.69, 9.17) is 11.5 Å². The van der Waals surface area contributed by atoms with Crippen LogP contribution in [0.25, 0.3) is 0 Å². The highest BCUT2D eigenvalue weighted by Gasteiger charge is 2.08. The van der Waals surface area contributed by atoms with Gasteiger partial charge in [-0.15, -0.1) is 0 Å². The van der Waals surface area contributed by atoms with Crippen molar-refractivity contribution in [1.29, 1.82) is 0 Å². The van der Waals surface area contributed by atoms with Gasteiger partial charge in [-0.3, -0.25) is 0 Å². The predicted octanol–water partition coefficient (Wildman–Crippen LogP) is 1.52. The number of aromatic nitrogens is 1. The second-order valence-corrected chi connectivity index (χ2v) is 3.57. The van der Waals surface area contributed by atoms with Crippen molar-refractivity contribution >= 4 is 0 Å². The van der Waals surface area contributed by atoms with Crippen LogP contribution < -0.4 is 11.5 Å². The van der Waals surface area contributed by atoms with E-state index in [1.807, 2.05) is 36.7 Å². The van der Waals surface area contributed by atoms with Gasteiger partial charge in [0.2, 0.25) is 0 Å². The first-order valence-corrected chi connectivity index (χ1v) is 4.98. The first-order chi connectivity index (χ1) is 7.31. The average Bonchev–Trinajstić information content (AvgIpc) is 2.81. The zero-order valence-corrected chi connectivity index (χ0v) is 8.48. The lowest BCUT2D eigenvalue weighted by Crippen LogP contribution is -2.11. The third-order valence-corrected chi connectivity index (χ3v) is 2.53. The summed E-state index contributed by atoms with van der Waals surface area (Å²) in [6.07, 6.45) is 3.79. The van der Waals surface area contributed by atoms with Crippen molar-refractivity contribution in [2.45, 2.75) is 12.6 Å². The van der Waals surface area contributed by atoms with Crippen molar-refractivity contribution in [2.75, 3.05) is 0 Å². The highest BCUT2D eigenvalue weighted by atomic mass is 14.7. The SMILES string of the molecule is NCc1cccc(C(N)c2cc[nH]c2)c1. The van der Waals surface area contributed by atoms with E-state index in [0.717, 1.165) is 16.7 Å². The number of rotatable bonds is 3. The zero-order chi connectivity index (χ0) is 10.7. The highest BCUT2D eigenvalue weighted by molar-refractivity contribution is 5.32. The first-order valence-electron chi connectivity index (χ1n) is 4.98. The van der Waals surface area contributed by atoms with Crippen molar-refractivity contribution in [1.82, 2.24) is 4.98 Å². The van der Waals surface area contributed by atoms with Crippen LogP contribution in [0.3, 0.4) is 0 Å². The molecule has 0 spiro atoms. The standard InChI is InChI=1S/C12H15N3/c13-7-9-2-1-3-10(6-9)12(14)11-4-5-15-8-11/h1-6,8,12,15H,7,13-14H2. The monoisotopic (exact) mass is 201 g/mol. The topological polar surface area (TPSA) is 67.8 Å². The summed E-state index contributed by atoms with van der Waals surface area (Å²) in [6.45, 7) is 0.549. The Morgan fingerprint density at radius 1 is 1.20 bits per heavy atom. The smallest absolute Gasteiger partial charge is 0.0566 e. The van der Waals surface area contributed by atoms with Gasteiger partial charge in [0, 0.05) is 18.9 Å². The third-order valence-electron chi connectivity index (χ3n) is 2.53. The highest BCUT2D eigenvalue weighted by Crippen LogP contribution is 2.19. The lowest BCUT2D eigenvalue weighted by Gasteiger charge is -2.11. The van der Waals surface area contributed by atoms with Crippen LogP contribution in [-0.4, -0.2) is 4.98 Å². The number of aromatic amines is 1. The van der Waals surface area contributed by atoms with Crippen molar-refractivity contribution in [2.24, 2.45) is 11.5 Å². The maximum Gasteiger partial charge on any atom is 0.0566 e. The summed E-state index contributed by atoms with van der Waals surface area (Å²) in [6, 6.07) is 9.98. The Balaban J connectivity index is 2.29. The molecule has 0 bridgehead atoms. The lowest BCUT2D eigenvalue weighted by molar-refractivity contribution is 0.868. The summed E-state index contributed by atoms with van der Waals surface area (Å²) in [5, 5.41) is 0. The Hall–Kier alpha value is -1.58. The van der Waals surface area contributed by atoms with Gasteiger partial charge >= 0.3 is 0 Å². The lowest BCUT2D eigenvalue weighted by atomic mass is 10.0. The summed E-state index contributed by atoms with van der Waals surface area (Å²) >= 11 is 0. The fourth-order valence-corrected chi connectivity index (χ4v) is 1.64. The summed E-state index contributed by atoms with van der Waals surface area (Å²) in [7, 11) is 0. The fourth-order valence-electron chi connectivity index (χ4n) is 1.64. The van der Waals surface area contributed by atoms with Gasteiger partial charge in [-0.2, -0.15) is 0 Å². The van der Waals surface area contributed by atoms with Gasteiger partial charge in [0.15, 0.2) is 0 Å². The largest absolute Gasteiger partial charge is 0.367 e. The maximum atomic E-state index is 6.12. The van der Waals surface area contributed by atoms with Crippen molar-refractivity contribution in [3.63, 3.8) is 0 Å². The maximum absolute atomic E-state index is 6.12. The molecule has 2 aromatic rings. The molecule has 1 heterocycles. The minimum atomic E-state index is -0.0808. The van der Waals surface area contributed by atoms with E-state index >= 15 is 0 Å². The molecule has 1 atom stereocenters. The van der Waals surface area contributed by atoms with E-state index in [2.05, 4.69) is 11.1 Å². The van der Waals surface area contributed by atoms with Crippen LogP contribution in [0.5, 0.6) is 0 Å². The molecule has 0 radical (unpaired) electrons. The van der Waals surface area contributed by atoms with Gasteiger partial charge in [-0.05, 0) is 22.8 Å². The molecule has 3 heteroatoms. The summed E-state index contributed by atoms with van der Waals surface area (Å²) in [4.78, 5) is 3.00. The molecule has 0 aliphatic carbocycles. The molecule has 1 unspecified atom stereocenters. The van der Waals surface area contributed by atoms with Gasteiger partial charge in [0.1, 0.15) is 0 Å². The van der Waals surface area contributed by atoms with Gasteiger partial charge in [-0.1, -0.05) is 24.3 Å². The van der Waals surface area contributed by atoms with Crippen LogP contribution in [0.2, 0.25) is 0 Å². The first kappa shape index (κ1) is 9.96. The van der Waals surface area contributed by atoms with Crippen LogP contribution in [0, 0.1) is 0 Å². The molecule has 0 amide bonds. The number of hydrogen-bond donors (Lipinski definition) is 3. The molecule has 0 aliphatic heterocycles. The van der Waals surface area contributed by atoms with Crippen molar-refractivity contribution in [3.05, 3.63) is 59.4 Å². The molecule has 3 nitrogen and oxygen atoms in total. The fraction of sp³-hybridized carbons (Fsp3) is 0.167. The molecule has 1 aromatic carbocycles. The number of nitrogens with two attached hydrogens (primary N) is 2. The molecule has 0 saturated heterocycles. The van der Waals surface area contributed by atoms with Crippen LogP contribution >= 0.6 is 0 Å². The molecule has 0 saturated carbocycles. The summed E-state index contributed by atoms with van der Waals surface area (Å²) in [5.41, 5.74) is 15.0. The van der Waals surface area contributed by atoms with Crippen LogP contribution in [0.1, 0.15) is 22.7 Å². The number of nitrogens with one attached hydrogen (secondary N) is 1. The Morgan fingerprint density at radius 3 is 2.73 bits per heavy atom. The molecule has 5 N–H and O–H groups in total. The van der Waals surface area contributed by atoms with E-state index in [1.54, 1.807) is 0 Å². The molecule has 15 heavy (non-hydrogen) atoms. The number of benzene rings is 1. The number of hydrogen-bond acceptors (Lipinski definition) is 2. The molecule has 0 aliphatic rings. The van der Waals surface area contributed by atoms with E-state index in [1.165, 1.54) is 0 Å². The van der Waals surface area contributed by atoms with E-state index < -0.39 is 0 Å². The summed E-state index contributed by atoms with van der Waals surface area (Å²) < 4.78 is 0. The molecule has 2 rings (SSSR count). The van der Waals surface area contributed by atoms with Gasteiger partial charge in [-0.25, -0.2) is 0 Å². The van der Waals surface area contributed by atoms with Crippen LogP contribution in [0.4, 0.5) is 0 Å². The molecular formula is C12H15N3. The molecule has 0 fully saturated rings. The molecule has 78 valence electrons. The number of H-pyrrole nitrogens is 1. The molecule has 1 aromatic heterocycles. The van der Waals surface area contributed by atoms with Crippen molar-refractivity contribution < 1.29 is 0 Å². The Bertz CT molecular complexity index is 420. The van der Waals surface area contributed by atoms with Gasteiger partial charge in [0.25, 0.3) is 0 Å². The Labute approximate surface area is 89.1 Å². The van der Waals surface area contributed by atoms with Crippen LogP contribution in [-0.2, 0) is 6.54 Å². The second-order valence-electron chi connectivity index (χ2n) is 3.57. The van der Waals surface area contributed by atoms with Crippen LogP contribution in [0.15, 0.2) is 42.7 Å². The van der Waals surface area contributed by atoms with E-state index in [9.17, 15) is 0 Å². The Kier molecular flexibility index (Phi) is 2.85. The second kappa shape index (κ2) is 4.29. The van der Waals surface area contributed by atoms with Gasteiger partial charge in [0.05, 0.1) is 6.04 Å². The molecular weight excluding hydrogens is 186 g/mol. The van der Waals surface area contributed by atoms with E-state index in [0.29, 0.717) is 6.54 Å². The summed E-state index contributed by atoms with van der Waals surface area (Å²) in [5.74, 6) is 0. The average molecular weight is 201 g/mol.